The quantitative estimate of drug-likeness (QED) is 0.655. The van der Waals surface area contributed by atoms with Gasteiger partial charge in [0, 0.05) is 46.1 Å². The van der Waals surface area contributed by atoms with Gasteiger partial charge in [0.2, 0.25) is 0 Å². The fourth-order valence-electron chi connectivity index (χ4n) is 1.50. The molecular weight excluding hydrogens is 220 g/mol. The third kappa shape index (κ3) is 5.12. The van der Waals surface area contributed by atoms with Crippen LogP contribution in [0, 0.1) is 0 Å². The Hall–Kier alpha value is -1.17. The largest absolute Gasteiger partial charge is 0.382 e. The van der Waals surface area contributed by atoms with E-state index in [0.29, 0.717) is 19.7 Å². The molecule has 0 spiro atoms. The first-order valence-corrected chi connectivity index (χ1v) is 5.66. The summed E-state index contributed by atoms with van der Waals surface area (Å²) in [4.78, 5) is 11.4. The zero-order valence-corrected chi connectivity index (χ0v) is 10.4. The number of methoxy groups -OCH3 is 2. The van der Waals surface area contributed by atoms with Crippen molar-refractivity contribution in [1.29, 1.82) is 0 Å². The van der Waals surface area contributed by atoms with Gasteiger partial charge in [-0.05, 0) is 6.07 Å². The Morgan fingerprint density at radius 2 is 2.24 bits per heavy atom. The molecule has 1 rings (SSSR count). The van der Waals surface area contributed by atoms with Crippen LogP contribution in [0.25, 0.3) is 0 Å². The van der Waals surface area contributed by atoms with Crippen LogP contribution in [-0.4, -0.2) is 44.6 Å². The summed E-state index contributed by atoms with van der Waals surface area (Å²) in [6, 6.07) is 5.15. The van der Waals surface area contributed by atoms with Gasteiger partial charge in [-0.25, -0.2) is 0 Å². The van der Waals surface area contributed by atoms with Crippen molar-refractivity contribution in [2.45, 2.75) is 12.6 Å². The van der Waals surface area contributed by atoms with Gasteiger partial charge in [-0.3, -0.25) is 4.79 Å². The maximum atomic E-state index is 11.4. The maximum Gasteiger partial charge on any atom is 0.250 e. The van der Waals surface area contributed by atoms with Gasteiger partial charge < -0.3 is 19.4 Å². The molecule has 96 valence electrons. The lowest BCUT2D eigenvalue weighted by Crippen LogP contribution is -2.34. The molecule has 17 heavy (non-hydrogen) atoms. The van der Waals surface area contributed by atoms with Crippen LogP contribution in [0.2, 0.25) is 0 Å². The Morgan fingerprint density at radius 3 is 2.88 bits per heavy atom. The van der Waals surface area contributed by atoms with Crippen LogP contribution >= 0.6 is 0 Å². The average Bonchev–Trinajstić information content (AvgIpc) is 2.35. The van der Waals surface area contributed by atoms with Gasteiger partial charge in [-0.2, -0.15) is 0 Å². The minimum atomic E-state index is 0.0227. The predicted octanol–water partition coefficient (Wildman–Crippen LogP) is 0.0993. The first-order valence-electron chi connectivity index (χ1n) is 5.66. The number of hydrogen-bond donors (Lipinski definition) is 1. The van der Waals surface area contributed by atoms with E-state index in [4.69, 9.17) is 9.47 Å². The number of nitrogens with one attached hydrogen (secondary N) is 1. The summed E-state index contributed by atoms with van der Waals surface area (Å²) in [6.45, 7) is 2.66. The number of hydrogen-bond acceptors (Lipinski definition) is 4. The second-order valence-corrected chi connectivity index (χ2v) is 3.75. The highest BCUT2D eigenvalue weighted by Gasteiger charge is 2.05. The fraction of sp³-hybridized carbons (Fsp3) is 0.583. The molecule has 1 N–H and O–H groups in total. The molecule has 0 aliphatic rings. The third-order valence-corrected chi connectivity index (χ3v) is 2.49. The van der Waals surface area contributed by atoms with E-state index in [1.807, 2.05) is 6.07 Å². The standard InChI is InChI=1S/C12H20N2O3/c1-16-10-11(17-2)9-13-6-8-14-7-4-3-5-12(14)15/h3-5,7,11,13H,6,8-10H2,1-2H3. The van der Waals surface area contributed by atoms with Crippen molar-refractivity contribution in [2.24, 2.45) is 0 Å². The molecule has 1 aromatic rings. The monoisotopic (exact) mass is 240 g/mol. The summed E-state index contributed by atoms with van der Waals surface area (Å²) in [5, 5.41) is 3.23. The molecule has 0 bridgehead atoms. The van der Waals surface area contributed by atoms with Crippen LogP contribution in [0.5, 0.6) is 0 Å². The molecule has 0 aliphatic heterocycles. The Kier molecular flexibility index (Phi) is 6.54. The molecule has 0 aromatic carbocycles. The van der Waals surface area contributed by atoms with E-state index in [9.17, 15) is 4.79 Å². The van der Waals surface area contributed by atoms with E-state index in [0.717, 1.165) is 6.54 Å². The topological polar surface area (TPSA) is 52.5 Å². The molecule has 5 heteroatoms. The lowest BCUT2D eigenvalue weighted by atomic mass is 10.3. The lowest BCUT2D eigenvalue weighted by Gasteiger charge is -2.15. The maximum absolute atomic E-state index is 11.4. The highest BCUT2D eigenvalue weighted by atomic mass is 16.5. The first kappa shape index (κ1) is 13.9. The second-order valence-electron chi connectivity index (χ2n) is 3.75. The molecule has 1 aromatic heterocycles. The fourth-order valence-corrected chi connectivity index (χ4v) is 1.50. The van der Waals surface area contributed by atoms with Gasteiger partial charge in [0.25, 0.3) is 5.56 Å². The Bertz CT molecular complexity index is 365. The van der Waals surface area contributed by atoms with Crippen molar-refractivity contribution in [3.05, 3.63) is 34.7 Å². The van der Waals surface area contributed by atoms with Crippen LogP contribution in [0.1, 0.15) is 0 Å². The molecule has 1 atom stereocenters. The van der Waals surface area contributed by atoms with Crippen LogP contribution in [-0.2, 0) is 16.0 Å². The Morgan fingerprint density at radius 1 is 1.41 bits per heavy atom. The summed E-state index contributed by atoms with van der Waals surface area (Å²) < 4.78 is 11.9. The van der Waals surface area contributed by atoms with Gasteiger partial charge in [0.1, 0.15) is 0 Å². The molecule has 5 nitrogen and oxygen atoms in total. The number of aromatic nitrogens is 1. The summed E-state index contributed by atoms with van der Waals surface area (Å²) in [7, 11) is 3.31. The molecule has 0 saturated heterocycles. The highest BCUT2D eigenvalue weighted by Crippen LogP contribution is 1.88. The Balaban J connectivity index is 2.24. The van der Waals surface area contributed by atoms with E-state index >= 15 is 0 Å². The number of nitrogens with zero attached hydrogens (tertiary/aromatic N) is 1. The second kappa shape index (κ2) is 8.00. The van der Waals surface area contributed by atoms with E-state index < -0.39 is 0 Å². The number of ether oxygens (including phenoxy) is 2. The van der Waals surface area contributed by atoms with E-state index in [2.05, 4.69) is 5.32 Å². The Labute approximate surface area is 101 Å². The van der Waals surface area contributed by atoms with Crippen LogP contribution in [0.4, 0.5) is 0 Å². The summed E-state index contributed by atoms with van der Waals surface area (Å²) in [5.74, 6) is 0. The van der Waals surface area contributed by atoms with Gasteiger partial charge >= 0.3 is 0 Å². The van der Waals surface area contributed by atoms with Gasteiger partial charge in [-0.1, -0.05) is 6.07 Å². The zero-order chi connectivity index (χ0) is 12.5. The molecule has 0 aliphatic carbocycles. The molecule has 0 fully saturated rings. The van der Waals surface area contributed by atoms with Crippen molar-refractivity contribution < 1.29 is 9.47 Å². The van der Waals surface area contributed by atoms with Crippen molar-refractivity contribution >= 4 is 0 Å². The minimum absolute atomic E-state index is 0.0227. The van der Waals surface area contributed by atoms with E-state index in [1.54, 1.807) is 37.1 Å². The van der Waals surface area contributed by atoms with Crippen LogP contribution in [0.15, 0.2) is 29.2 Å². The molecule has 1 unspecified atom stereocenters. The van der Waals surface area contributed by atoms with E-state index in [-0.39, 0.29) is 11.7 Å². The molecular formula is C12H20N2O3. The minimum Gasteiger partial charge on any atom is -0.382 e. The van der Waals surface area contributed by atoms with Crippen LogP contribution < -0.4 is 10.9 Å². The third-order valence-electron chi connectivity index (χ3n) is 2.49. The molecule has 1 heterocycles. The van der Waals surface area contributed by atoms with Gasteiger partial charge in [0.15, 0.2) is 0 Å². The first-order chi connectivity index (χ1) is 8.27. The summed E-state index contributed by atoms with van der Waals surface area (Å²) in [6.07, 6.45) is 1.83. The van der Waals surface area contributed by atoms with Crippen LogP contribution in [0.3, 0.4) is 0 Å². The van der Waals surface area contributed by atoms with Crippen molar-refractivity contribution in [2.75, 3.05) is 33.9 Å². The SMILES string of the molecule is COCC(CNCCn1ccccc1=O)OC. The molecule has 0 radical (unpaired) electrons. The molecule has 0 saturated carbocycles. The van der Waals surface area contributed by atoms with Gasteiger partial charge in [-0.15, -0.1) is 0 Å². The summed E-state index contributed by atoms with van der Waals surface area (Å²) >= 11 is 0. The van der Waals surface area contributed by atoms with Crippen molar-refractivity contribution in [3.8, 4) is 0 Å². The van der Waals surface area contributed by atoms with Gasteiger partial charge in [0.05, 0.1) is 12.7 Å². The van der Waals surface area contributed by atoms with Crippen molar-refractivity contribution in [3.63, 3.8) is 0 Å². The van der Waals surface area contributed by atoms with E-state index in [1.165, 1.54) is 0 Å². The zero-order valence-electron chi connectivity index (χ0n) is 10.4. The lowest BCUT2D eigenvalue weighted by molar-refractivity contribution is 0.0289. The summed E-state index contributed by atoms with van der Waals surface area (Å²) in [5.41, 5.74) is 0.0227. The smallest absolute Gasteiger partial charge is 0.250 e. The predicted molar refractivity (Wildman–Crippen MR) is 66.2 cm³/mol. The van der Waals surface area contributed by atoms with Crippen molar-refractivity contribution in [1.82, 2.24) is 9.88 Å². The average molecular weight is 240 g/mol. The number of rotatable bonds is 8. The highest BCUT2D eigenvalue weighted by molar-refractivity contribution is 4.93. The number of pyridine rings is 1. The molecule has 0 amide bonds. The normalized spacial score (nSPS) is 12.6.